The summed E-state index contributed by atoms with van der Waals surface area (Å²) in [7, 11) is -4.22. The van der Waals surface area contributed by atoms with Gasteiger partial charge >= 0.3 is 0 Å². The van der Waals surface area contributed by atoms with Crippen molar-refractivity contribution in [2.75, 3.05) is 13.1 Å². The lowest BCUT2D eigenvalue weighted by molar-refractivity contribution is -0.387. The molecule has 1 atom stereocenters. The lowest BCUT2D eigenvalue weighted by Gasteiger charge is -2.37. The lowest BCUT2D eigenvalue weighted by atomic mass is 9.87. The molecule has 0 radical (unpaired) electrons. The minimum Gasteiger partial charge on any atom is -0.351 e. The number of hydrogen-bond donors (Lipinski definition) is 2. The number of nitro benzene ring substituents is 1. The SMILES string of the molecule is O=C(N[C@@H]1CCCNC1)C1(S(=O)(=O)c2ccccc2[N+](=O)[O-])CCCCC1. The van der Waals surface area contributed by atoms with Crippen LogP contribution in [-0.4, -0.2) is 43.1 Å². The summed E-state index contributed by atoms with van der Waals surface area (Å²) in [5, 5.41) is 17.5. The molecule has 2 fully saturated rings. The van der Waals surface area contributed by atoms with Crippen molar-refractivity contribution in [2.45, 2.75) is 60.6 Å². The van der Waals surface area contributed by atoms with E-state index in [0.29, 0.717) is 19.4 Å². The van der Waals surface area contributed by atoms with Gasteiger partial charge in [-0.3, -0.25) is 14.9 Å². The molecule has 1 aromatic carbocycles. The number of nitrogens with zero attached hydrogens (tertiary/aromatic N) is 1. The number of nitrogens with one attached hydrogen (secondary N) is 2. The lowest BCUT2D eigenvalue weighted by Crippen LogP contribution is -2.57. The highest BCUT2D eigenvalue weighted by Gasteiger charge is 2.53. The number of piperidine rings is 1. The van der Waals surface area contributed by atoms with Crippen LogP contribution in [0.2, 0.25) is 0 Å². The molecule has 3 rings (SSSR count). The van der Waals surface area contributed by atoms with Crippen LogP contribution in [0.5, 0.6) is 0 Å². The van der Waals surface area contributed by atoms with Crippen molar-refractivity contribution in [2.24, 2.45) is 0 Å². The van der Waals surface area contributed by atoms with Crippen LogP contribution < -0.4 is 10.6 Å². The zero-order chi connectivity index (χ0) is 19.5. The van der Waals surface area contributed by atoms with E-state index >= 15 is 0 Å². The number of sulfone groups is 1. The first-order valence-corrected chi connectivity index (χ1v) is 10.9. The van der Waals surface area contributed by atoms with Gasteiger partial charge in [0.2, 0.25) is 5.91 Å². The fourth-order valence-corrected chi connectivity index (χ4v) is 6.30. The highest BCUT2D eigenvalue weighted by Crippen LogP contribution is 2.41. The Bertz CT molecular complexity index is 812. The van der Waals surface area contributed by atoms with E-state index in [0.717, 1.165) is 25.8 Å². The molecule has 8 nitrogen and oxygen atoms in total. The number of para-hydroxylation sites is 1. The van der Waals surface area contributed by atoms with Crippen molar-refractivity contribution in [3.05, 3.63) is 34.4 Å². The van der Waals surface area contributed by atoms with Gasteiger partial charge in [0.25, 0.3) is 5.69 Å². The fourth-order valence-electron chi connectivity index (χ4n) is 4.08. The fraction of sp³-hybridized carbons (Fsp3) is 0.611. The minimum atomic E-state index is -4.22. The van der Waals surface area contributed by atoms with Crippen LogP contribution in [0.15, 0.2) is 29.2 Å². The number of rotatable bonds is 5. The summed E-state index contributed by atoms with van der Waals surface area (Å²) in [6.45, 7) is 1.49. The van der Waals surface area contributed by atoms with Gasteiger partial charge in [-0.15, -0.1) is 0 Å². The van der Waals surface area contributed by atoms with Crippen molar-refractivity contribution in [3.8, 4) is 0 Å². The number of carbonyl (C=O) groups excluding carboxylic acids is 1. The van der Waals surface area contributed by atoms with Crippen LogP contribution in [-0.2, 0) is 14.6 Å². The summed E-state index contributed by atoms with van der Waals surface area (Å²) in [4.78, 5) is 23.5. The third-order valence-electron chi connectivity index (χ3n) is 5.57. The predicted molar refractivity (Wildman–Crippen MR) is 100 cm³/mol. The Balaban J connectivity index is 2.00. The number of amides is 1. The second-order valence-corrected chi connectivity index (χ2v) is 9.53. The van der Waals surface area contributed by atoms with E-state index in [1.807, 2.05) is 0 Å². The van der Waals surface area contributed by atoms with Gasteiger partial charge in [-0.1, -0.05) is 31.4 Å². The molecular formula is C18H25N3O5S. The van der Waals surface area contributed by atoms with E-state index < -0.39 is 31.1 Å². The van der Waals surface area contributed by atoms with Gasteiger partial charge in [0.1, 0.15) is 4.90 Å². The van der Waals surface area contributed by atoms with Gasteiger partial charge in [-0.25, -0.2) is 8.42 Å². The summed E-state index contributed by atoms with van der Waals surface area (Å²) in [5.41, 5.74) is -0.477. The van der Waals surface area contributed by atoms with Gasteiger partial charge in [0.15, 0.2) is 14.6 Å². The van der Waals surface area contributed by atoms with Crippen LogP contribution in [0.4, 0.5) is 5.69 Å². The summed E-state index contributed by atoms with van der Waals surface area (Å²) in [5.74, 6) is -0.519. The summed E-state index contributed by atoms with van der Waals surface area (Å²) >= 11 is 0. The molecule has 0 unspecified atom stereocenters. The Morgan fingerprint density at radius 2 is 1.89 bits per heavy atom. The summed E-state index contributed by atoms with van der Waals surface area (Å²) in [6.07, 6.45) is 4.15. The molecule has 0 aromatic heterocycles. The maximum atomic E-state index is 13.5. The van der Waals surface area contributed by atoms with E-state index in [-0.39, 0.29) is 23.8 Å². The molecule has 0 bridgehead atoms. The highest BCUT2D eigenvalue weighted by atomic mass is 32.2. The zero-order valence-corrected chi connectivity index (χ0v) is 16.0. The number of benzene rings is 1. The third kappa shape index (κ3) is 3.70. The number of hydrogen-bond acceptors (Lipinski definition) is 6. The second-order valence-electron chi connectivity index (χ2n) is 7.30. The van der Waals surface area contributed by atoms with Crippen molar-refractivity contribution in [1.82, 2.24) is 10.6 Å². The molecule has 9 heteroatoms. The Hall–Kier alpha value is -2.00. The average molecular weight is 395 g/mol. The monoisotopic (exact) mass is 395 g/mol. The molecule has 1 aliphatic heterocycles. The molecule has 1 amide bonds. The van der Waals surface area contributed by atoms with Gasteiger partial charge in [-0.05, 0) is 38.3 Å². The first-order valence-electron chi connectivity index (χ1n) is 9.38. The number of nitro groups is 1. The molecule has 1 saturated carbocycles. The van der Waals surface area contributed by atoms with Gasteiger partial charge < -0.3 is 10.6 Å². The molecule has 1 aromatic rings. The molecule has 1 saturated heterocycles. The first kappa shape index (κ1) is 19.8. The van der Waals surface area contributed by atoms with E-state index in [4.69, 9.17) is 0 Å². The molecule has 148 valence electrons. The van der Waals surface area contributed by atoms with Gasteiger partial charge in [0.05, 0.1) is 4.92 Å². The maximum absolute atomic E-state index is 13.5. The van der Waals surface area contributed by atoms with Crippen LogP contribution in [0.1, 0.15) is 44.9 Å². The van der Waals surface area contributed by atoms with Gasteiger partial charge in [0, 0.05) is 18.7 Å². The van der Waals surface area contributed by atoms with Crippen molar-refractivity contribution < 1.29 is 18.1 Å². The zero-order valence-electron chi connectivity index (χ0n) is 15.1. The average Bonchev–Trinajstić information content (AvgIpc) is 2.69. The largest absolute Gasteiger partial charge is 0.351 e. The summed E-state index contributed by atoms with van der Waals surface area (Å²) < 4.78 is 25.4. The molecule has 27 heavy (non-hydrogen) atoms. The highest BCUT2D eigenvalue weighted by molar-refractivity contribution is 7.93. The topological polar surface area (TPSA) is 118 Å². The predicted octanol–water partition coefficient (Wildman–Crippen LogP) is 1.94. The molecule has 1 heterocycles. The summed E-state index contributed by atoms with van der Waals surface area (Å²) in [6, 6.07) is 5.18. The van der Waals surface area contributed by atoms with Crippen LogP contribution >= 0.6 is 0 Å². The Morgan fingerprint density at radius 3 is 2.52 bits per heavy atom. The Labute approximate surface area is 158 Å². The minimum absolute atomic E-state index is 0.119. The smallest absolute Gasteiger partial charge is 0.288 e. The normalized spacial score (nSPS) is 22.7. The molecule has 0 spiro atoms. The first-order chi connectivity index (χ1) is 12.9. The van der Waals surface area contributed by atoms with Crippen molar-refractivity contribution >= 4 is 21.4 Å². The van der Waals surface area contributed by atoms with Crippen LogP contribution in [0.25, 0.3) is 0 Å². The number of carbonyl (C=O) groups is 1. The third-order valence-corrected chi connectivity index (χ3v) is 8.12. The quantitative estimate of drug-likeness (QED) is 0.581. The molecule has 2 N–H and O–H groups in total. The second kappa shape index (κ2) is 7.93. The molecule has 2 aliphatic rings. The standard InChI is InChI=1S/C18H25N3O5S/c22-17(20-14-7-6-12-19-13-14)18(10-4-1-5-11-18)27(25,26)16-9-3-2-8-15(16)21(23)24/h2-3,8-9,14,19H,1,4-7,10-13H2,(H,20,22)/t14-/m1/s1. The van der Waals surface area contributed by atoms with Gasteiger partial charge in [-0.2, -0.15) is 0 Å². The van der Waals surface area contributed by atoms with Crippen LogP contribution in [0, 0.1) is 10.1 Å². The Kier molecular flexibility index (Phi) is 5.81. The van der Waals surface area contributed by atoms with Crippen molar-refractivity contribution in [3.63, 3.8) is 0 Å². The molecule has 1 aliphatic carbocycles. The van der Waals surface area contributed by atoms with E-state index in [1.54, 1.807) is 0 Å². The van der Waals surface area contributed by atoms with Crippen LogP contribution in [0.3, 0.4) is 0 Å². The van der Waals surface area contributed by atoms with E-state index in [9.17, 15) is 23.3 Å². The maximum Gasteiger partial charge on any atom is 0.288 e. The molecular weight excluding hydrogens is 370 g/mol. The van der Waals surface area contributed by atoms with Crippen molar-refractivity contribution in [1.29, 1.82) is 0 Å². The van der Waals surface area contributed by atoms with E-state index in [1.165, 1.54) is 24.3 Å². The van der Waals surface area contributed by atoms with E-state index in [2.05, 4.69) is 10.6 Å². The Morgan fingerprint density at radius 1 is 1.19 bits per heavy atom.